The van der Waals surface area contributed by atoms with Crippen LogP contribution in [0.5, 0.6) is 0 Å². The highest BCUT2D eigenvalue weighted by atomic mass is 32.2. The van der Waals surface area contributed by atoms with Gasteiger partial charge in [0, 0.05) is 28.7 Å². The number of nitrogens with two attached hydrogens (primary N) is 1. The second kappa shape index (κ2) is 8.66. The third kappa shape index (κ3) is 4.79. The van der Waals surface area contributed by atoms with Crippen molar-refractivity contribution < 1.29 is 13.5 Å². The summed E-state index contributed by atoms with van der Waals surface area (Å²) in [6.07, 6.45) is 3.83. The molecule has 1 fully saturated rings. The molecule has 164 valence electrons. The Balaban J connectivity index is 1.67. The summed E-state index contributed by atoms with van der Waals surface area (Å²) in [5.41, 5.74) is 10.1. The second-order valence-electron chi connectivity index (χ2n) is 8.01. The molecule has 9 heteroatoms. The number of aliphatic hydroxyl groups excluding tert-OH is 1. The van der Waals surface area contributed by atoms with Gasteiger partial charge in [0.15, 0.2) is 0 Å². The quantitative estimate of drug-likeness (QED) is 0.537. The smallest absolute Gasteiger partial charge is 0.240 e. The Morgan fingerprint density at radius 1 is 1.13 bits per heavy atom. The molecule has 0 radical (unpaired) electrons. The van der Waals surface area contributed by atoms with Crippen LogP contribution in [0, 0.1) is 13.8 Å². The standard InChI is InChI=1S/C22H26N4O3S2/c1-13-3-8-18(31(28,29)26-16-4-6-17(27)7-5-16)10-19(13)15-9-20(22(23)24-11-15)21-12-30-14(2)25-21/h3,8-12,16-17,26-27H,4-7H2,1-2H3,(H2,23,24). The Morgan fingerprint density at radius 2 is 1.87 bits per heavy atom. The number of nitrogens with zero attached hydrogens (tertiary/aromatic N) is 2. The van der Waals surface area contributed by atoms with E-state index in [9.17, 15) is 13.5 Å². The van der Waals surface area contributed by atoms with E-state index in [4.69, 9.17) is 5.73 Å². The third-order valence-corrected chi connectivity index (χ3v) is 7.95. The van der Waals surface area contributed by atoms with Crippen molar-refractivity contribution in [3.05, 3.63) is 46.4 Å². The molecule has 0 amide bonds. The first-order valence-corrected chi connectivity index (χ1v) is 12.6. The molecular weight excluding hydrogens is 432 g/mol. The highest BCUT2D eigenvalue weighted by Gasteiger charge is 2.25. The summed E-state index contributed by atoms with van der Waals surface area (Å²) < 4.78 is 28.8. The monoisotopic (exact) mass is 458 g/mol. The Morgan fingerprint density at radius 3 is 2.55 bits per heavy atom. The van der Waals surface area contributed by atoms with E-state index in [0.29, 0.717) is 31.5 Å². The first-order valence-electron chi connectivity index (χ1n) is 10.2. The van der Waals surface area contributed by atoms with Crippen molar-refractivity contribution in [2.45, 2.75) is 56.6 Å². The summed E-state index contributed by atoms with van der Waals surface area (Å²) in [7, 11) is -3.68. The highest BCUT2D eigenvalue weighted by Crippen LogP contribution is 2.33. The Bertz CT molecular complexity index is 1200. The number of aryl methyl sites for hydroxylation is 2. The van der Waals surface area contributed by atoms with Gasteiger partial charge in [-0.05, 0) is 68.9 Å². The van der Waals surface area contributed by atoms with Gasteiger partial charge in [0.1, 0.15) is 5.82 Å². The van der Waals surface area contributed by atoms with Crippen molar-refractivity contribution in [2.75, 3.05) is 5.73 Å². The van der Waals surface area contributed by atoms with Gasteiger partial charge < -0.3 is 10.8 Å². The van der Waals surface area contributed by atoms with Gasteiger partial charge in [-0.2, -0.15) is 0 Å². The molecular formula is C22H26N4O3S2. The van der Waals surface area contributed by atoms with Crippen LogP contribution >= 0.6 is 11.3 Å². The van der Waals surface area contributed by atoms with E-state index in [-0.39, 0.29) is 17.0 Å². The summed E-state index contributed by atoms with van der Waals surface area (Å²) in [5.74, 6) is 0.386. The molecule has 31 heavy (non-hydrogen) atoms. The topological polar surface area (TPSA) is 118 Å². The normalized spacial score (nSPS) is 19.5. The van der Waals surface area contributed by atoms with Crippen LogP contribution in [0.1, 0.15) is 36.3 Å². The van der Waals surface area contributed by atoms with Crippen LogP contribution in [0.4, 0.5) is 5.82 Å². The number of rotatable bonds is 5. The van der Waals surface area contributed by atoms with E-state index in [1.165, 1.54) is 11.3 Å². The molecule has 2 aromatic heterocycles. The minimum Gasteiger partial charge on any atom is -0.393 e. The maximum atomic E-state index is 13.0. The summed E-state index contributed by atoms with van der Waals surface area (Å²) in [5, 5.41) is 12.5. The fourth-order valence-electron chi connectivity index (χ4n) is 3.88. The molecule has 1 saturated carbocycles. The predicted octanol–water partition coefficient (Wildman–Crippen LogP) is 3.65. The van der Waals surface area contributed by atoms with Crippen molar-refractivity contribution in [1.29, 1.82) is 0 Å². The zero-order valence-corrected chi connectivity index (χ0v) is 19.1. The average Bonchev–Trinajstić information content (AvgIpc) is 3.16. The SMILES string of the molecule is Cc1nc(-c2cc(-c3cc(S(=O)(=O)NC4CCC(O)CC4)ccc3C)cnc2N)cs1. The number of aliphatic hydroxyl groups is 1. The molecule has 7 nitrogen and oxygen atoms in total. The first kappa shape index (κ1) is 21.9. The van der Waals surface area contributed by atoms with Gasteiger partial charge in [-0.15, -0.1) is 11.3 Å². The van der Waals surface area contributed by atoms with Crippen LogP contribution in [0.15, 0.2) is 40.7 Å². The molecule has 0 saturated heterocycles. The molecule has 4 N–H and O–H groups in total. The number of anilines is 1. The number of benzene rings is 1. The van der Waals surface area contributed by atoms with Gasteiger partial charge in [-0.25, -0.2) is 23.1 Å². The maximum Gasteiger partial charge on any atom is 0.240 e. The molecule has 0 aliphatic heterocycles. The number of nitrogens with one attached hydrogen (secondary N) is 1. The number of nitrogen functional groups attached to an aromatic ring is 1. The lowest BCUT2D eigenvalue weighted by molar-refractivity contribution is 0.120. The molecule has 3 aromatic rings. The molecule has 0 unspecified atom stereocenters. The van der Waals surface area contributed by atoms with E-state index >= 15 is 0 Å². The van der Waals surface area contributed by atoms with Crippen LogP contribution in [-0.4, -0.2) is 35.6 Å². The molecule has 1 aromatic carbocycles. The molecule has 1 aliphatic carbocycles. The lowest BCUT2D eigenvalue weighted by atomic mass is 9.94. The molecule has 0 bridgehead atoms. The first-order chi connectivity index (χ1) is 14.7. The Hall–Kier alpha value is -2.33. The average molecular weight is 459 g/mol. The van der Waals surface area contributed by atoms with Crippen molar-refractivity contribution in [1.82, 2.24) is 14.7 Å². The summed E-state index contributed by atoms with van der Waals surface area (Å²) in [4.78, 5) is 9.04. The van der Waals surface area contributed by atoms with Gasteiger partial charge in [0.05, 0.1) is 21.7 Å². The van der Waals surface area contributed by atoms with E-state index in [1.54, 1.807) is 24.4 Å². The minimum absolute atomic E-state index is 0.157. The van der Waals surface area contributed by atoms with Crippen molar-refractivity contribution >= 4 is 27.2 Å². The van der Waals surface area contributed by atoms with Crippen molar-refractivity contribution in [3.63, 3.8) is 0 Å². The van der Waals surface area contributed by atoms with Gasteiger partial charge in [0.2, 0.25) is 10.0 Å². The molecule has 1 aliphatic rings. The third-order valence-electron chi connectivity index (χ3n) is 5.66. The molecule has 4 rings (SSSR count). The zero-order chi connectivity index (χ0) is 22.2. The van der Waals surface area contributed by atoms with Gasteiger partial charge in [-0.3, -0.25) is 0 Å². The largest absolute Gasteiger partial charge is 0.393 e. The lowest BCUT2D eigenvalue weighted by Crippen LogP contribution is -2.38. The van der Waals surface area contributed by atoms with E-state index in [1.807, 2.05) is 25.3 Å². The van der Waals surface area contributed by atoms with Crippen molar-refractivity contribution in [2.24, 2.45) is 0 Å². The summed E-state index contributed by atoms with van der Waals surface area (Å²) in [6, 6.07) is 6.85. The van der Waals surface area contributed by atoms with Crippen LogP contribution in [0.25, 0.3) is 22.4 Å². The molecule has 0 atom stereocenters. The number of aromatic nitrogens is 2. The molecule has 2 heterocycles. The number of pyridine rings is 1. The van der Waals surface area contributed by atoms with Gasteiger partial charge >= 0.3 is 0 Å². The van der Waals surface area contributed by atoms with E-state index < -0.39 is 10.0 Å². The fraction of sp³-hybridized carbons (Fsp3) is 0.364. The summed E-state index contributed by atoms with van der Waals surface area (Å²) >= 11 is 1.54. The Labute approximate surface area is 186 Å². The summed E-state index contributed by atoms with van der Waals surface area (Å²) in [6.45, 7) is 3.87. The minimum atomic E-state index is -3.68. The van der Waals surface area contributed by atoms with E-state index in [2.05, 4.69) is 14.7 Å². The van der Waals surface area contributed by atoms with Crippen molar-refractivity contribution in [3.8, 4) is 22.4 Å². The van der Waals surface area contributed by atoms with E-state index in [0.717, 1.165) is 33.0 Å². The maximum absolute atomic E-state index is 13.0. The fourth-order valence-corrected chi connectivity index (χ4v) is 5.82. The number of hydrogen-bond acceptors (Lipinski definition) is 7. The number of hydrogen-bond donors (Lipinski definition) is 3. The molecule has 0 spiro atoms. The zero-order valence-electron chi connectivity index (χ0n) is 17.5. The highest BCUT2D eigenvalue weighted by molar-refractivity contribution is 7.89. The van der Waals surface area contributed by atoms with Crippen LogP contribution in [0.2, 0.25) is 0 Å². The van der Waals surface area contributed by atoms with Crippen LogP contribution in [0.3, 0.4) is 0 Å². The van der Waals surface area contributed by atoms with Crippen LogP contribution in [-0.2, 0) is 10.0 Å². The number of thiazole rings is 1. The Kier molecular flexibility index (Phi) is 6.11. The lowest BCUT2D eigenvalue weighted by Gasteiger charge is -2.26. The predicted molar refractivity (Wildman–Crippen MR) is 123 cm³/mol. The number of sulfonamides is 1. The van der Waals surface area contributed by atoms with Gasteiger partial charge in [-0.1, -0.05) is 6.07 Å². The van der Waals surface area contributed by atoms with Gasteiger partial charge in [0.25, 0.3) is 0 Å². The second-order valence-corrected chi connectivity index (χ2v) is 10.8. The van der Waals surface area contributed by atoms with Crippen LogP contribution < -0.4 is 10.5 Å².